The maximum atomic E-state index is 11.9. The van der Waals surface area contributed by atoms with E-state index < -0.39 is 17.9 Å². The summed E-state index contributed by atoms with van der Waals surface area (Å²) in [6.45, 7) is 0. The fraction of sp³-hybridized carbons (Fsp3) is 0.105. The van der Waals surface area contributed by atoms with E-state index in [1.165, 1.54) is 0 Å². The van der Waals surface area contributed by atoms with Crippen molar-refractivity contribution in [2.45, 2.75) is 12.0 Å². The molecule has 0 fully saturated rings. The summed E-state index contributed by atoms with van der Waals surface area (Å²) in [7, 11) is 0. The summed E-state index contributed by atoms with van der Waals surface area (Å²) in [6, 6.07) is 21.8. The summed E-state index contributed by atoms with van der Waals surface area (Å²) in [5.74, 6) is -1.08. The molecule has 1 heterocycles. The van der Waals surface area contributed by atoms with Crippen LogP contribution in [0.15, 0.2) is 83.5 Å². The molecule has 1 aromatic heterocycles. The second kappa shape index (κ2) is 6.83. The summed E-state index contributed by atoms with van der Waals surface area (Å²) in [5, 5.41) is 13.1. The fourth-order valence-corrected chi connectivity index (χ4v) is 2.64. The van der Waals surface area contributed by atoms with Crippen molar-refractivity contribution < 1.29 is 14.3 Å². The largest absolute Gasteiger partial charge is 0.481 e. The van der Waals surface area contributed by atoms with Gasteiger partial charge in [-0.25, -0.2) is 0 Å². The van der Waals surface area contributed by atoms with E-state index >= 15 is 0 Å². The van der Waals surface area contributed by atoms with E-state index in [-0.39, 0.29) is 0 Å². The SMILES string of the molecule is O=C(O)C(c1ccccc1)C(Nc1ccccc1)c1ccco1. The first-order valence-corrected chi connectivity index (χ1v) is 7.38. The Morgan fingerprint density at radius 1 is 0.913 bits per heavy atom. The molecule has 2 unspecified atom stereocenters. The highest BCUT2D eigenvalue weighted by Gasteiger charge is 2.32. The third-order valence-corrected chi connectivity index (χ3v) is 3.70. The summed E-state index contributed by atoms with van der Waals surface area (Å²) in [6.07, 6.45) is 1.55. The number of hydrogen-bond donors (Lipinski definition) is 2. The predicted molar refractivity (Wildman–Crippen MR) is 88.3 cm³/mol. The predicted octanol–water partition coefficient (Wildman–Crippen LogP) is 4.30. The monoisotopic (exact) mass is 307 g/mol. The number of nitrogens with one attached hydrogen (secondary N) is 1. The Bertz CT molecular complexity index is 739. The van der Waals surface area contributed by atoms with Gasteiger partial charge in [0.1, 0.15) is 17.7 Å². The van der Waals surface area contributed by atoms with Crippen LogP contribution in [0.2, 0.25) is 0 Å². The van der Waals surface area contributed by atoms with Gasteiger partial charge in [-0.05, 0) is 29.8 Å². The van der Waals surface area contributed by atoms with Crippen LogP contribution >= 0.6 is 0 Å². The van der Waals surface area contributed by atoms with Gasteiger partial charge in [0.25, 0.3) is 0 Å². The molecule has 0 saturated heterocycles. The lowest BCUT2D eigenvalue weighted by molar-refractivity contribution is -0.139. The lowest BCUT2D eigenvalue weighted by Crippen LogP contribution is -2.25. The number of carboxylic acids is 1. The van der Waals surface area contributed by atoms with Crippen molar-refractivity contribution in [2.24, 2.45) is 0 Å². The molecule has 4 heteroatoms. The molecule has 0 radical (unpaired) electrons. The van der Waals surface area contributed by atoms with E-state index in [4.69, 9.17) is 4.42 Å². The van der Waals surface area contributed by atoms with Crippen molar-refractivity contribution in [3.05, 3.63) is 90.4 Å². The van der Waals surface area contributed by atoms with Gasteiger partial charge in [-0.1, -0.05) is 48.5 Å². The van der Waals surface area contributed by atoms with Crippen LogP contribution in [-0.2, 0) is 4.79 Å². The summed E-state index contributed by atoms with van der Waals surface area (Å²) < 4.78 is 5.49. The van der Waals surface area contributed by atoms with Gasteiger partial charge in [-0.2, -0.15) is 0 Å². The number of para-hydroxylation sites is 1. The average molecular weight is 307 g/mol. The standard InChI is InChI=1S/C19H17NO3/c21-19(22)17(14-8-3-1-4-9-14)18(16-12-7-13-23-16)20-15-10-5-2-6-11-15/h1-13,17-18,20H,(H,21,22). The highest BCUT2D eigenvalue weighted by molar-refractivity contribution is 5.78. The lowest BCUT2D eigenvalue weighted by Gasteiger charge is -2.25. The van der Waals surface area contributed by atoms with Crippen LogP contribution in [0.25, 0.3) is 0 Å². The molecule has 0 saturated carbocycles. The van der Waals surface area contributed by atoms with E-state index in [2.05, 4.69) is 5.32 Å². The van der Waals surface area contributed by atoms with Gasteiger partial charge in [-0.15, -0.1) is 0 Å². The van der Waals surface area contributed by atoms with Crippen molar-refractivity contribution in [3.8, 4) is 0 Å². The minimum Gasteiger partial charge on any atom is -0.481 e. The van der Waals surface area contributed by atoms with E-state index in [1.54, 1.807) is 18.4 Å². The quantitative estimate of drug-likeness (QED) is 0.712. The van der Waals surface area contributed by atoms with E-state index in [0.717, 1.165) is 11.3 Å². The summed E-state index contributed by atoms with van der Waals surface area (Å²) in [5.41, 5.74) is 1.57. The third kappa shape index (κ3) is 3.43. The molecule has 0 aliphatic rings. The first-order valence-electron chi connectivity index (χ1n) is 7.38. The zero-order valence-corrected chi connectivity index (χ0v) is 12.4. The number of rotatable bonds is 6. The van der Waals surface area contributed by atoms with E-state index in [1.807, 2.05) is 60.7 Å². The molecule has 0 aliphatic carbocycles. The van der Waals surface area contributed by atoms with Crippen molar-refractivity contribution in [1.82, 2.24) is 0 Å². The molecular weight excluding hydrogens is 290 g/mol. The Kier molecular flexibility index (Phi) is 4.43. The summed E-state index contributed by atoms with van der Waals surface area (Å²) in [4.78, 5) is 11.9. The van der Waals surface area contributed by atoms with Crippen LogP contribution in [-0.4, -0.2) is 11.1 Å². The molecule has 116 valence electrons. The number of aliphatic carboxylic acids is 1. The minimum absolute atomic E-state index is 0.507. The van der Waals surface area contributed by atoms with E-state index in [0.29, 0.717) is 5.76 Å². The molecule has 0 aliphatic heterocycles. The summed E-state index contributed by atoms with van der Waals surface area (Å²) >= 11 is 0. The Balaban J connectivity index is 2.00. The van der Waals surface area contributed by atoms with Gasteiger partial charge in [0.15, 0.2) is 0 Å². The number of carbonyl (C=O) groups is 1. The highest BCUT2D eigenvalue weighted by atomic mass is 16.4. The molecule has 0 spiro atoms. The lowest BCUT2D eigenvalue weighted by atomic mass is 9.89. The maximum Gasteiger partial charge on any atom is 0.313 e. The van der Waals surface area contributed by atoms with Crippen LogP contribution in [0.4, 0.5) is 5.69 Å². The van der Waals surface area contributed by atoms with Crippen LogP contribution < -0.4 is 5.32 Å². The molecule has 0 bridgehead atoms. The molecule has 3 rings (SSSR count). The molecule has 0 amide bonds. The Labute approximate surface area is 134 Å². The van der Waals surface area contributed by atoms with Crippen LogP contribution in [0.5, 0.6) is 0 Å². The topological polar surface area (TPSA) is 62.5 Å². The zero-order chi connectivity index (χ0) is 16.1. The van der Waals surface area contributed by atoms with Crippen LogP contribution in [0, 0.1) is 0 Å². The average Bonchev–Trinajstić information content (AvgIpc) is 3.10. The van der Waals surface area contributed by atoms with Crippen molar-refractivity contribution in [2.75, 3.05) is 5.32 Å². The van der Waals surface area contributed by atoms with Crippen molar-refractivity contribution in [1.29, 1.82) is 0 Å². The van der Waals surface area contributed by atoms with Gasteiger partial charge in [0.05, 0.1) is 6.26 Å². The van der Waals surface area contributed by atoms with E-state index in [9.17, 15) is 9.90 Å². The first-order chi connectivity index (χ1) is 11.3. The molecule has 2 N–H and O–H groups in total. The van der Waals surface area contributed by atoms with Gasteiger partial charge in [0, 0.05) is 5.69 Å². The number of carboxylic acid groups (broad SMARTS) is 1. The number of hydrogen-bond acceptors (Lipinski definition) is 3. The number of benzene rings is 2. The first kappa shape index (κ1) is 14.9. The second-order valence-electron chi connectivity index (χ2n) is 5.23. The normalized spacial score (nSPS) is 13.2. The highest BCUT2D eigenvalue weighted by Crippen LogP contribution is 2.34. The molecule has 23 heavy (non-hydrogen) atoms. The van der Waals surface area contributed by atoms with Crippen LogP contribution in [0.3, 0.4) is 0 Å². The fourth-order valence-electron chi connectivity index (χ4n) is 2.64. The smallest absolute Gasteiger partial charge is 0.313 e. The zero-order valence-electron chi connectivity index (χ0n) is 12.4. The van der Waals surface area contributed by atoms with Gasteiger partial charge in [-0.3, -0.25) is 4.79 Å². The minimum atomic E-state index is -0.902. The van der Waals surface area contributed by atoms with Crippen LogP contribution in [0.1, 0.15) is 23.3 Å². The van der Waals surface area contributed by atoms with Crippen molar-refractivity contribution >= 4 is 11.7 Å². The molecule has 2 aromatic carbocycles. The Morgan fingerprint density at radius 3 is 2.13 bits per heavy atom. The molecule has 3 aromatic rings. The maximum absolute atomic E-state index is 11.9. The van der Waals surface area contributed by atoms with Gasteiger partial charge < -0.3 is 14.8 Å². The molecular formula is C19H17NO3. The third-order valence-electron chi connectivity index (χ3n) is 3.70. The van der Waals surface area contributed by atoms with Gasteiger partial charge in [0.2, 0.25) is 0 Å². The van der Waals surface area contributed by atoms with Crippen molar-refractivity contribution in [3.63, 3.8) is 0 Å². The molecule has 2 atom stereocenters. The Morgan fingerprint density at radius 2 is 1.57 bits per heavy atom. The Hall–Kier alpha value is -3.01. The second-order valence-corrected chi connectivity index (χ2v) is 5.23. The molecule has 4 nitrogen and oxygen atoms in total. The number of anilines is 1. The van der Waals surface area contributed by atoms with Gasteiger partial charge >= 0.3 is 5.97 Å². The number of furan rings is 1.